The number of carbonyl (C=O) groups excluding carboxylic acids is 2. The van der Waals surface area contributed by atoms with Gasteiger partial charge in [-0.25, -0.2) is 0 Å². The van der Waals surface area contributed by atoms with Crippen LogP contribution in [0.4, 0.5) is 0 Å². The Hall–Kier alpha value is -1.12. The van der Waals surface area contributed by atoms with Gasteiger partial charge in [0, 0.05) is 13.3 Å². The number of ketones is 1. The molecule has 0 saturated carbocycles. The molecule has 0 fully saturated rings. The summed E-state index contributed by atoms with van der Waals surface area (Å²) < 4.78 is 4.61. The van der Waals surface area contributed by atoms with E-state index < -0.39 is 0 Å². The van der Waals surface area contributed by atoms with Crippen LogP contribution >= 0.6 is 0 Å². The number of allylic oxidation sites excluding steroid dienone is 1. The predicted molar refractivity (Wildman–Crippen MR) is 41.1 cm³/mol. The summed E-state index contributed by atoms with van der Waals surface area (Å²) in [6.07, 6.45) is 2.25. The third-order valence-electron chi connectivity index (χ3n) is 1.10. The van der Waals surface area contributed by atoms with E-state index >= 15 is 0 Å². The topological polar surface area (TPSA) is 43.4 Å². The van der Waals surface area contributed by atoms with Gasteiger partial charge in [0.2, 0.25) is 0 Å². The molecule has 3 heteroatoms. The molecule has 3 nitrogen and oxygen atoms in total. The Morgan fingerprint density at radius 2 is 2.18 bits per heavy atom. The molecule has 0 atom stereocenters. The summed E-state index contributed by atoms with van der Waals surface area (Å²) in [7, 11) is 0. The van der Waals surface area contributed by atoms with E-state index in [1.54, 1.807) is 0 Å². The SMILES string of the molecule is C=CC(=O)CCCOC(C)=O. The van der Waals surface area contributed by atoms with Gasteiger partial charge in [0.25, 0.3) is 0 Å². The fourth-order valence-corrected chi connectivity index (χ4v) is 0.564. The molecule has 0 unspecified atom stereocenters. The summed E-state index contributed by atoms with van der Waals surface area (Å²) in [5.41, 5.74) is 0. The van der Waals surface area contributed by atoms with Crippen molar-refractivity contribution in [2.24, 2.45) is 0 Å². The van der Waals surface area contributed by atoms with Crippen LogP contribution in [0.1, 0.15) is 19.8 Å². The number of carbonyl (C=O) groups is 2. The van der Waals surface area contributed by atoms with Crippen molar-refractivity contribution in [2.45, 2.75) is 19.8 Å². The second kappa shape index (κ2) is 5.65. The van der Waals surface area contributed by atoms with Gasteiger partial charge in [-0.2, -0.15) is 0 Å². The second-order valence-electron chi connectivity index (χ2n) is 2.11. The maximum Gasteiger partial charge on any atom is 0.302 e. The summed E-state index contributed by atoms with van der Waals surface area (Å²) in [5, 5.41) is 0. The second-order valence-corrected chi connectivity index (χ2v) is 2.11. The van der Waals surface area contributed by atoms with Crippen molar-refractivity contribution in [1.29, 1.82) is 0 Å². The molecular formula is C8H12O3. The molecule has 0 aliphatic heterocycles. The van der Waals surface area contributed by atoms with Crippen LogP contribution in [0.25, 0.3) is 0 Å². The summed E-state index contributed by atoms with van der Waals surface area (Å²) >= 11 is 0. The van der Waals surface area contributed by atoms with Gasteiger partial charge in [-0.1, -0.05) is 6.58 Å². The van der Waals surface area contributed by atoms with Crippen LogP contribution in [0, 0.1) is 0 Å². The maximum absolute atomic E-state index is 10.6. The summed E-state index contributed by atoms with van der Waals surface area (Å²) in [6, 6.07) is 0. The van der Waals surface area contributed by atoms with Crippen molar-refractivity contribution >= 4 is 11.8 Å². The highest BCUT2D eigenvalue weighted by Gasteiger charge is 1.96. The third-order valence-corrected chi connectivity index (χ3v) is 1.10. The highest BCUT2D eigenvalue weighted by molar-refractivity contribution is 5.88. The monoisotopic (exact) mass is 156 g/mol. The Kier molecular flexibility index (Phi) is 5.07. The lowest BCUT2D eigenvalue weighted by molar-refractivity contribution is -0.141. The molecule has 0 amide bonds. The van der Waals surface area contributed by atoms with Crippen LogP contribution in [-0.4, -0.2) is 18.4 Å². The number of esters is 1. The van der Waals surface area contributed by atoms with Gasteiger partial charge in [-0.15, -0.1) is 0 Å². The minimum atomic E-state index is -0.309. The average Bonchev–Trinajstić information content (AvgIpc) is 1.97. The normalized spacial score (nSPS) is 8.82. The molecule has 0 heterocycles. The van der Waals surface area contributed by atoms with Gasteiger partial charge < -0.3 is 4.74 Å². The first-order chi connectivity index (χ1) is 5.16. The smallest absolute Gasteiger partial charge is 0.302 e. The van der Waals surface area contributed by atoms with Crippen molar-refractivity contribution < 1.29 is 14.3 Å². The molecular weight excluding hydrogens is 144 g/mol. The zero-order valence-electron chi connectivity index (χ0n) is 6.63. The first-order valence-electron chi connectivity index (χ1n) is 3.45. The zero-order chi connectivity index (χ0) is 8.69. The molecule has 0 saturated heterocycles. The first-order valence-corrected chi connectivity index (χ1v) is 3.45. The van der Waals surface area contributed by atoms with Crippen molar-refractivity contribution in [3.8, 4) is 0 Å². The van der Waals surface area contributed by atoms with E-state index in [4.69, 9.17) is 0 Å². The number of hydrogen-bond acceptors (Lipinski definition) is 3. The summed E-state index contributed by atoms with van der Waals surface area (Å²) in [4.78, 5) is 20.8. The van der Waals surface area contributed by atoms with Gasteiger partial charge in [0.1, 0.15) is 0 Å². The largest absolute Gasteiger partial charge is 0.466 e. The van der Waals surface area contributed by atoms with E-state index in [0.29, 0.717) is 19.4 Å². The van der Waals surface area contributed by atoms with Crippen LogP contribution in [0.2, 0.25) is 0 Å². The number of rotatable bonds is 5. The predicted octanol–water partition coefficient (Wildman–Crippen LogP) is 1.08. The molecule has 0 N–H and O–H groups in total. The molecule has 0 aromatic rings. The van der Waals surface area contributed by atoms with Crippen molar-refractivity contribution in [3.63, 3.8) is 0 Å². The Morgan fingerprint density at radius 1 is 1.55 bits per heavy atom. The average molecular weight is 156 g/mol. The van der Waals surface area contributed by atoms with E-state index in [1.165, 1.54) is 13.0 Å². The van der Waals surface area contributed by atoms with Gasteiger partial charge in [-0.3, -0.25) is 9.59 Å². The summed E-state index contributed by atoms with van der Waals surface area (Å²) in [5.74, 6) is -0.326. The molecule has 0 bridgehead atoms. The first kappa shape index (κ1) is 9.88. The molecule has 0 spiro atoms. The minimum absolute atomic E-state index is 0.0165. The van der Waals surface area contributed by atoms with Gasteiger partial charge in [0.15, 0.2) is 5.78 Å². The summed E-state index contributed by atoms with van der Waals surface area (Å²) in [6.45, 7) is 4.97. The molecule has 0 aromatic heterocycles. The standard InChI is InChI=1S/C8H12O3/c1-3-8(10)5-4-6-11-7(2)9/h3H,1,4-6H2,2H3. The fourth-order valence-electron chi connectivity index (χ4n) is 0.564. The molecule has 0 aliphatic rings. The van der Waals surface area contributed by atoms with Gasteiger partial charge in [-0.05, 0) is 12.5 Å². The highest BCUT2D eigenvalue weighted by Crippen LogP contribution is 1.92. The van der Waals surface area contributed by atoms with Gasteiger partial charge >= 0.3 is 5.97 Å². The van der Waals surface area contributed by atoms with Gasteiger partial charge in [0.05, 0.1) is 6.61 Å². The molecule has 62 valence electrons. The molecule has 0 radical (unpaired) electrons. The lowest BCUT2D eigenvalue weighted by Crippen LogP contribution is -2.02. The van der Waals surface area contributed by atoms with Crippen LogP contribution in [0.15, 0.2) is 12.7 Å². The lowest BCUT2D eigenvalue weighted by Gasteiger charge is -1.98. The Balaban J connectivity index is 3.21. The fraction of sp³-hybridized carbons (Fsp3) is 0.500. The maximum atomic E-state index is 10.6. The molecule has 0 aliphatic carbocycles. The Labute approximate surface area is 66.0 Å². The molecule has 0 rings (SSSR count). The van der Waals surface area contributed by atoms with E-state index in [1.807, 2.05) is 0 Å². The lowest BCUT2D eigenvalue weighted by atomic mass is 10.2. The van der Waals surface area contributed by atoms with Crippen molar-refractivity contribution in [2.75, 3.05) is 6.61 Å². The molecule has 11 heavy (non-hydrogen) atoms. The van der Waals surface area contributed by atoms with Crippen LogP contribution in [0.5, 0.6) is 0 Å². The number of hydrogen-bond donors (Lipinski definition) is 0. The van der Waals surface area contributed by atoms with E-state index in [9.17, 15) is 9.59 Å². The van der Waals surface area contributed by atoms with Crippen LogP contribution in [0.3, 0.4) is 0 Å². The third kappa shape index (κ3) is 6.77. The Bertz CT molecular complexity index is 161. The van der Waals surface area contributed by atoms with E-state index in [2.05, 4.69) is 11.3 Å². The quantitative estimate of drug-likeness (QED) is 0.340. The van der Waals surface area contributed by atoms with E-state index in [-0.39, 0.29) is 11.8 Å². The van der Waals surface area contributed by atoms with Crippen LogP contribution in [-0.2, 0) is 14.3 Å². The number of ether oxygens (including phenoxy) is 1. The minimum Gasteiger partial charge on any atom is -0.466 e. The van der Waals surface area contributed by atoms with Crippen molar-refractivity contribution in [1.82, 2.24) is 0 Å². The van der Waals surface area contributed by atoms with Crippen molar-refractivity contribution in [3.05, 3.63) is 12.7 Å². The van der Waals surface area contributed by atoms with Crippen LogP contribution < -0.4 is 0 Å². The Morgan fingerprint density at radius 3 is 2.64 bits per heavy atom. The van der Waals surface area contributed by atoms with E-state index in [0.717, 1.165) is 0 Å². The molecule has 0 aromatic carbocycles. The zero-order valence-corrected chi connectivity index (χ0v) is 6.63. The highest BCUT2D eigenvalue weighted by atomic mass is 16.5.